The van der Waals surface area contributed by atoms with E-state index in [2.05, 4.69) is 21.3 Å². The van der Waals surface area contributed by atoms with Gasteiger partial charge in [0.15, 0.2) is 17.9 Å². The second-order valence-corrected chi connectivity index (χ2v) is 16.8. The number of terminal acetylenes is 1. The maximum atomic E-state index is 14.8. The average molecular weight is 786 g/mol. The maximum absolute atomic E-state index is 14.8. The van der Waals surface area contributed by atoms with Crippen LogP contribution in [0.2, 0.25) is 0 Å². The van der Waals surface area contributed by atoms with Gasteiger partial charge in [-0.25, -0.2) is 22.6 Å². The Balaban J connectivity index is 1.16. The number of aromatic nitrogens is 1. The van der Waals surface area contributed by atoms with E-state index in [0.29, 0.717) is 59.5 Å². The number of fused-ring (bicyclic) bond motifs is 6. The van der Waals surface area contributed by atoms with E-state index in [1.807, 2.05) is 24.3 Å². The molecule has 56 heavy (non-hydrogen) atoms. The van der Waals surface area contributed by atoms with Crippen LogP contribution >= 0.6 is 0 Å². The molecule has 4 aliphatic rings. The van der Waals surface area contributed by atoms with Crippen LogP contribution in [0.5, 0.6) is 5.75 Å². The van der Waals surface area contributed by atoms with Gasteiger partial charge in [-0.2, -0.15) is 0 Å². The molecule has 16 heteroatoms. The molecule has 2 aliphatic carbocycles. The van der Waals surface area contributed by atoms with E-state index in [0.717, 1.165) is 6.42 Å². The maximum Gasteiger partial charge on any atom is 0.408 e. The van der Waals surface area contributed by atoms with Crippen LogP contribution in [-0.4, -0.2) is 84.2 Å². The highest BCUT2D eigenvalue weighted by atomic mass is 32.2. The van der Waals surface area contributed by atoms with E-state index in [1.165, 1.54) is 23.1 Å². The molecule has 4 heterocycles. The van der Waals surface area contributed by atoms with Gasteiger partial charge >= 0.3 is 6.09 Å². The van der Waals surface area contributed by atoms with E-state index in [-0.39, 0.29) is 43.7 Å². The molecular formula is C40H40FN5O9S. The second-order valence-electron chi connectivity index (χ2n) is 14.9. The van der Waals surface area contributed by atoms with Crippen LogP contribution in [0.3, 0.4) is 0 Å². The predicted molar refractivity (Wildman–Crippen MR) is 202 cm³/mol. The van der Waals surface area contributed by atoms with Gasteiger partial charge in [0.2, 0.25) is 21.8 Å². The van der Waals surface area contributed by atoms with Crippen LogP contribution in [0, 0.1) is 24.1 Å². The Morgan fingerprint density at radius 2 is 1.93 bits per heavy atom. The molecule has 0 radical (unpaired) electrons. The van der Waals surface area contributed by atoms with Gasteiger partial charge in [-0.15, -0.1) is 6.42 Å². The first-order valence-corrected chi connectivity index (χ1v) is 20.3. The summed E-state index contributed by atoms with van der Waals surface area (Å²) in [5, 5.41) is 5.80. The highest BCUT2D eigenvalue weighted by Crippen LogP contribution is 2.46. The minimum atomic E-state index is -3.94. The van der Waals surface area contributed by atoms with Crippen molar-refractivity contribution >= 4 is 66.8 Å². The summed E-state index contributed by atoms with van der Waals surface area (Å²) in [4.78, 5) is 61.5. The number of halogens is 1. The zero-order valence-electron chi connectivity index (χ0n) is 30.3. The Hall–Kier alpha value is -5.69. The first-order chi connectivity index (χ1) is 27.0. The van der Waals surface area contributed by atoms with E-state index in [1.54, 1.807) is 12.1 Å². The van der Waals surface area contributed by atoms with Crippen LogP contribution in [0.25, 0.3) is 33.0 Å². The van der Waals surface area contributed by atoms with Crippen LogP contribution in [0.15, 0.2) is 59.0 Å². The summed E-state index contributed by atoms with van der Waals surface area (Å²) in [6.07, 6.45) is 11.1. The summed E-state index contributed by atoms with van der Waals surface area (Å²) < 4.78 is 60.5. The van der Waals surface area contributed by atoms with Gasteiger partial charge in [-0.3, -0.25) is 19.1 Å². The number of ether oxygens (including phenoxy) is 2. The zero-order valence-corrected chi connectivity index (χ0v) is 31.1. The number of amides is 4. The van der Waals surface area contributed by atoms with Crippen molar-refractivity contribution in [1.82, 2.24) is 25.2 Å². The molecule has 5 atom stereocenters. The largest absolute Gasteiger partial charge is 0.484 e. The van der Waals surface area contributed by atoms with E-state index in [4.69, 9.17) is 25.3 Å². The lowest BCUT2D eigenvalue weighted by Gasteiger charge is -2.29. The highest BCUT2D eigenvalue weighted by Gasteiger charge is 2.62. The number of benzene rings is 2. The number of furan rings is 1. The van der Waals surface area contributed by atoms with Crippen molar-refractivity contribution < 1.29 is 45.9 Å². The number of para-hydroxylation sites is 1. The molecule has 3 fully saturated rings. The third-order valence-corrected chi connectivity index (χ3v) is 12.7. The topological polar surface area (TPSA) is 186 Å². The van der Waals surface area contributed by atoms with Gasteiger partial charge in [-0.1, -0.05) is 43.0 Å². The van der Waals surface area contributed by atoms with E-state index >= 15 is 0 Å². The predicted octanol–water partition coefficient (Wildman–Crippen LogP) is 4.35. The highest BCUT2D eigenvalue weighted by molar-refractivity contribution is 7.91. The molecule has 8 rings (SSSR count). The third-order valence-electron chi connectivity index (χ3n) is 10.9. The molecule has 3 N–H and O–H groups in total. The molecule has 2 saturated carbocycles. The minimum absolute atomic E-state index is 0.0781. The van der Waals surface area contributed by atoms with E-state index in [9.17, 15) is 32.0 Å². The Bertz CT molecular complexity index is 2440. The number of pyridine rings is 1. The summed E-state index contributed by atoms with van der Waals surface area (Å²) in [6.45, 7) is -0.462. The Morgan fingerprint density at radius 3 is 2.73 bits per heavy atom. The lowest BCUT2D eigenvalue weighted by Crippen LogP contribution is -2.58. The Kier molecular flexibility index (Phi) is 9.81. The number of nitrogens with one attached hydrogen (secondary N) is 3. The number of sulfonamides is 1. The first kappa shape index (κ1) is 37.2. The summed E-state index contributed by atoms with van der Waals surface area (Å²) in [7, 11) is -3.94. The molecule has 0 spiro atoms. The fourth-order valence-corrected chi connectivity index (χ4v) is 9.11. The van der Waals surface area contributed by atoms with Crippen LogP contribution in [0.4, 0.5) is 9.18 Å². The average Bonchev–Trinajstić information content (AvgIpc) is 4.08. The molecule has 1 saturated heterocycles. The second kappa shape index (κ2) is 14.8. The van der Waals surface area contributed by atoms with Gasteiger partial charge in [0.1, 0.15) is 40.6 Å². The standard InChI is InChI=1S/C40H40FN5O9S/c1-2-18-53-39(50)43-30-12-7-5-3-4-6-10-23-21-40(23,38(49)45-56(51,52)26-15-16-26)44-36(47)31-20-25(22-46(31)37(30)48)54-34-28-19-24(41)14-17-29(28)42-33-27-11-8-9-13-32(27)55-35(33)34/h1,6,8-11,13-14,17,19,23,25-26,30-31H,3-5,7,12,15-16,18,20-22H2,(H,43,50)(H,44,47)(H,45,49)/b10-6-/t23-,25+,30-,31-,40+/m0/s1. The van der Waals surface area contributed by atoms with Crippen LogP contribution in [0.1, 0.15) is 57.8 Å². The number of carbonyl (C=O) groups is 4. The van der Waals surface area contributed by atoms with Gasteiger partial charge in [0.05, 0.1) is 17.3 Å². The Morgan fingerprint density at radius 1 is 1.11 bits per heavy atom. The smallest absolute Gasteiger partial charge is 0.408 e. The first-order valence-electron chi connectivity index (χ1n) is 18.8. The van der Waals surface area contributed by atoms with Crippen molar-refractivity contribution in [3.8, 4) is 18.1 Å². The molecular weight excluding hydrogens is 746 g/mol. The van der Waals surface area contributed by atoms with Gasteiger partial charge in [0, 0.05) is 23.1 Å². The van der Waals surface area contributed by atoms with E-state index < -0.39 is 74.5 Å². The van der Waals surface area contributed by atoms with Crippen molar-refractivity contribution in [1.29, 1.82) is 0 Å². The summed E-state index contributed by atoms with van der Waals surface area (Å²) in [5.41, 5.74) is 0.113. The fourth-order valence-electron chi connectivity index (χ4n) is 7.75. The minimum Gasteiger partial charge on any atom is -0.484 e. The number of rotatable bonds is 7. The SMILES string of the molecule is C#CCOC(=O)N[C@H]1CCCCC/C=C\[C@H]2C[C@@]2(C(=O)NS(=O)(=O)C2CC2)NC(=O)[C@@H]2C[C@@H](Oc3c4cc(F)ccc4nc4c3oc3ccccc34)CN2C1=O. The van der Waals surface area contributed by atoms with Crippen LogP contribution in [-0.2, 0) is 29.1 Å². The number of hydrogen-bond acceptors (Lipinski definition) is 10. The zero-order chi connectivity index (χ0) is 39.2. The molecule has 2 aromatic heterocycles. The number of hydrogen-bond donors (Lipinski definition) is 3. The lowest BCUT2D eigenvalue weighted by atomic mass is 10.1. The number of allylic oxidation sites excluding steroid dienone is 1. The third kappa shape index (κ3) is 7.23. The quantitative estimate of drug-likeness (QED) is 0.180. The molecule has 0 bridgehead atoms. The van der Waals surface area contributed by atoms with Crippen molar-refractivity contribution in [2.24, 2.45) is 5.92 Å². The van der Waals surface area contributed by atoms with Crippen molar-refractivity contribution in [3.63, 3.8) is 0 Å². The van der Waals surface area contributed by atoms with Gasteiger partial charge in [0.25, 0.3) is 5.91 Å². The van der Waals surface area contributed by atoms with Crippen molar-refractivity contribution in [2.45, 2.75) is 86.8 Å². The van der Waals surface area contributed by atoms with Crippen molar-refractivity contribution in [3.05, 3.63) is 60.4 Å². The monoisotopic (exact) mass is 785 g/mol. The normalized spacial score (nSPS) is 26.2. The van der Waals surface area contributed by atoms with Gasteiger partial charge in [-0.05, 0) is 68.9 Å². The molecule has 4 aromatic rings. The molecule has 0 unspecified atom stereocenters. The van der Waals surface area contributed by atoms with Crippen LogP contribution < -0.4 is 20.1 Å². The Labute approximate surface area is 321 Å². The summed E-state index contributed by atoms with van der Waals surface area (Å²) in [5.74, 6) is -0.781. The fraction of sp³-hybridized carbons (Fsp3) is 0.425. The number of alkyl carbamates (subject to hydrolysis) is 1. The molecule has 292 valence electrons. The molecule has 2 aromatic carbocycles. The number of nitrogens with zero attached hydrogens (tertiary/aromatic N) is 2. The molecule has 14 nitrogen and oxygen atoms in total. The summed E-state index contributed by atoms with van der Waals surface area (Å²) in [6, 6.07) is 9.00. The van der Waals surface area contributed by atoms with Gasteiger partial charge < -0.3 is 29.4 Å². The van der Waals surface area contributed by atoms with Crippen molar-refractivity contribution in [2.75, 3.05) is 13.2 Å². The summed E-state index contributed by atoms with van der Waals surface area (Å²) >= 11 is 0. The number of carbonyl (C=O) groups excluding carboxylic acids is 4. The molecule has 2 aliphatic heterocycles. The lowest BCUT2D eigenvalue weighted by molar-refractivity contribution is -0.141. The molecule has 4 amide bonds.